The molecule has 0 aliphatic rings. The van der Waals surface area contributed by atoms with Gasteiger partial charge in [-0.1, -0.05) is 41.6 Å². The number of anilines is 1. The van der Waals surface area contributed by atoms with Gasteiger partial charge in [0.25, 0.3) is 11.8 Å². The van der Waals surface area contributed by atoms with Crippen LogP contribution in [0.3, 0.4) is 0 Å². The van der Waals surface area contributed by atoms with Gasteiger partial charge in [-0.05, 0) is 42.0 Å². The van der Waals surface area contributed by atoms with Gasteiger partial charge in [-0.25, -0.2) is 9.67 Å². The first-order chi connectivity index (χ1) is 19.3. The van der Waals surface area contributed by atoms with Gasteiger partial charge >= 0.3 is 6.18 Å². The summed E-state index contributed by atoms with van der Waals surface area (Å²) in [7, 11) is 0. The first kappa shape index (κ1) is 28.2. The zero-order valence-corrected chi connectivity index (χ0v) is 21.2. The summed E-state index contributed by atoms with van der Waals surface area (Å²) in [6.07, 6.45) is -2.86. The van der Waals surface area contributed by atoms with Crippen molar-refractivity contribution in [2.45, 2.75) is 19.4 Å². The lowest BCUT2D eigenvalue weighted by Crippen LogP contribution is -2.33. The number of halogens is 3. The Labute approximate surface area is 227 Å². The zero-order valence-electron chi connectivity index (χ0n) is 21.2. The Morgan fingerprint density at radius 1 is 0.850 bits per heavy atom. The minimum atomic E-state index is -4.52. The maximum Gasteiger partial charge on any atom is 0.405 e. The van der Waals surface area contributed by atoms with Gasteiger partial charge in [0.15, 0.2) is 5.69 Å². The van der Waals surface area contributed by atoms with Gasteiger partial charge in [-0.15, -0.1) is 5.10 Å². The van der Waals surface area contributed by atoms with Gasteiger partial charge in [-0.3, -0.25) is 9.59 Å². The highest BCUT2D eigenvalue weighted by atomic mass is 19.4. The second kappa shape index (κ2) is 13.3. The van der Waals surface area contributed by atoms with Crippen molar-refractivity contribution in [1.29, 1.82) is 0 Å². The van der Waals surface area contributed by atoms with E-state index in [4.69, 9.17) is 4.74 Å². The second-order valence-electron chi connectivity index (χ2n) is 8.52. The van der Waals surface area contributed by atoms with Crippen molar-refractivity contribution >= 4 is 17.6 Å². The number of hydrogen-bond donors (Lipinski definition) is 3. The molecule has 40 heavy (non-hydrogen) atoms. The molecule has 0 radical (unpaired) electrons. The maximum absolute atomic E-state index is 13.0. The van der Waals surface area contributed by atoms with Crippen LogP contribution in [0.1, 0.15) is 32.1 Å². The topological polar surface area (TPSA) is 123 Å². The van der Waals surface area contributed by atoms with Crippen molar-refractivity contribution < 1.29 is 27.5 Å². The summed E-state index contributed by atoms with van der Waals surface area (Å²) in [6.45, 7) is -0.456. The Morgan fingerprint density at radius 2 is 1.60 bits per heavy atom. The van der Waals surface area contributed by atoms with E-state index in [9.17, 15) is 22.8 Å². The molecule has 0 unspecified atom stereocenters. The molecule has 0 bridgehead atoms. The summed E-state index contributed by atoms with van der Waals surface area (Å²) < 4.78 is 44.5. The molecule has 0 saturated heterocycles. The third-order valence-electron chi connectivity index (χ3n) is 5.53. The van der Waals surface area contributed by atoms with E-state index in [-0.39, 0.29) is 31.0 Å². The average Bonchev–Trinajstić information content (AvgIpc) is 3.38. The second-order valence-corrected chi connectivity index (χ2v) is 8.52. The molecule has 4 aromatic rings. The van der Waals surface area contributed by atoms with Crippen LogP contribution in [0.5, 0.6) is 0 Å². The van der Waals surface area contributed by atoms with Gasteiger partial charge in [0.1, 0.15) is 18.1 Å². The predicted molar refractivity (Wildman–Crippen MR) is 140 cm³/mol. The number of carbonyl (C=O) groups is 2. The van der Waals surface area contributed by atoms with Gasteiger partial charge < -0.3 is 20.7 Å². The van der Waals surface area contributed by atoms with Crippen LogP contribution in [-0.2, 0) is 18.0 Å². The molecular formula is C27H26F3N7O3. The Balaban J connectivity index is 1.46. The van der Waals surface area contributed by atoms with E-state index in [2.05, 4.69) is 25.9 Å². The SMILES string of the molecule is O=C(NCC(F)(F)F)c1ccc(-n2nnc(C(=O)NCCNc3ccccn3)c2COCc2ccccc2)cc1. The number of benzene rings is 2. The molecule has 0 fully saturated rings. The highest BCUT2D eigenvalue weighted by molar-refractivity contribution is 5.94. The van der Waals surface area contributed by atoms with Crippen LogP contribution < -0.4 is 16.0 Å². The van der Waals surface area contributed by atoms with E-state index < -0.39 is 24.5 Å². The number of alkyl halides is 3. The third kappa shape index (κ3) is 8.11. The number of ether oxygens (including phenoxy) is 1. The maximum atomic E-state index is 13.0. The fraction of sp³-hybridized carbons (Fsp3) is 0.222. The minimum Gasteiger partial charge on any atom is -0.370 e. The molecule has 2 aromatic heterocycles. The summed E-state index contributed by atoms with van der Waals surface area (Å²) in [6, 6.07) is 20.6. The van der Waals surface area contributed by atoms with Gasteiger partial charge in [0.2, 0.25) is 0 Å². The number of aromatic nitrogens is 4. The molecule has 10 nitrogen and oxygen atoms in total. The van der Waals surface area contributed by atoms with Crippen LogP contribution in [0.15, 0.2) is 79.0 Å². The smallest absolute Gasteiger partial charge is 0.370 e. The summed E-state index contributed by atoms with van der Waals surface area (Å²) in [5, 5.41) is 15.9. The first-order valence-corrected chi connectivity index (χ1v) is 12.2. The first-order valence-electron chi connectivity index (χ1n) is 12.2. The molecule has 0 spiro atoms. The molecule has 2 amide bonds. The molecule has 4 rings (SSSR count). The molecule has 13 heteroatoms. The summed E-state index contributed by atoms with van der Waals surface area (Å²) in [4.78, 5) is 29.2. The van der Waals surface area contributed by atoms with Crippen molar-refractivity contribution in [2.24, 2.45) is 0 Å². The van der Waals surface area contributed by atoms with Crippen LogP contribution >= 0.6 is 0 Å². The normalized spacial score (nSPS) is 11.2. The zero-order chi connectivity index (χ0) is 28.4. The van der Waals surface area contributed by atoms with E-state index in [0.29, 0.717) is 23.7 Å². The lowest BCUT2D eigenvalue weighted by atomic mass is 10.2. The van der Waals surface area contributed by atoms with Crippen molar-refractivity contribution in [2.75, 3.05) is 25.0 Å². The number of carbonyl (C=O) groups excluding carboxylic acids is 2. The fourth-order valence-electron chi connectivity index (χ4n) is 3.61. The van der Waals surface area contributed by atoms with E-state index in [0.717, 1.165) is 5.56 Å². The van der Waals surface area contributed by atoms with E-state index in [1.54, 1.807) is 18.3 Å². The molecule has 0 saturated carbocycles. The number of nitrogens with one attached hydrogen (secondary N) is 3. The van der Waals surface area contributed by atoms with Crippen LogP contribution in [0.25, 0.3) is 5.69 Å². The number of rotatable bonds is 12. The van der Waals surface area contributed by atoms with Crippen LogP contribution in [0.4, 0.5) is 19.0 Å². The quantitative estimate of drug-likeness (QED) is 0.230. The Morgan fingerprint density at radius 3 is 2.30 bits per heavy atom. The lowest BCUT2D eigenvalue weighted by Gasteiger charge is -2.11. The van der Waals surface area contributed by atoms with Gasteiger partial charge in [0.05, 0.1) is 18.9 Å². The van der Waals surface area contributed by atoms with Crippen LogP contribution in [-0.4, -0.2) is 57.6 Å². The molecule has 0 aliphatic heterocycles. The number of nitrogens with zero attached hydrogens (tertiary/aromatic N) is 4. The van der Waals surface area contributed by atoms with Crippen LogP contribution in [0.2, 0.25) is 0 Å². The molecule has 2 heterocycles. The molecular weight excluding hydrogens is 527 g/mol. The fourth-order valence-corrected chi connectivity index (χ4v) is 3.61. The Hall–Kier alpha value is -4.78. The number of pyridine rings is 1. The van der Waals surface area contributed by atoms with Crippen molar-refractivity contribution in [1.82, 2.24) is 30.6 Å². The van der Waals surface area contributed by atoms with E-state index in [1.807, 2.05) is 41.7 Å². The van der Waals surface area contributed by atoms with Gasteiger partial charge in [-0.2, -0.15) is 13.2 Å². The molecule has 0 atom stereocenters. The molecule has 2 aromatic carbocycles. The number of hydrogen-bond acceptors (Lipinski definition) is 7. The van der Waals surface area contributed by atoms with Crippen LogP contribution in [0, 0.1) is 0 Å². The van der Waals surface area contributed by atoms with E-state index in [1.165, 1.54) is 28.9 Å². The highest BCUT2D eigenvalue weighted by Gasteiger charge is 2.28. The number of amides is 2. The summed E-state index contributed by atoms with van der Waals surface area (Å²) >= 11 is 0. The Bertz CT molecular complexity index is 1400. The van der Waals surface area contributed by atoms with E-state index >= 15 is 0 Å². The highest BCUT2D eigenvalue weighted by Crippen LogP contribution is 2.17. The largest absolute Gasteiger partial charge is 0.405 e. The monoisotopic (exact) mass is 553 g/mol. The molecule has 0 aliphatic carbocycles. The van der Waals surface area contributed by atoms with Crippen molar-refractivity contribution in [3.63, 3.8) is 0 Å². The third-order valence-corrected chi connectivity index (χ3v) is 5.53. The van der Waals surface area contributed by atoms with Gasteiger partial charge in [0, 0.05) is 24.8 Å². The van der Waals surface area contributed by atoms with Crippen molar-refractivity contribution in [3.05, 3.63) is 102 Å². The predicted octanol–water partition coefficient (Wildman–Crippen LogP) is 3.51. The standard InChI is InChI=1S/C27H26F3N7O3/c28-27(29,30)18-34-25(38)20-9-11-21(12-10-20)37-22(17-40-16-19-6-2-1-3-7-19)24(35-36-37)26(39)33-15-14-32-23-8-4-5-13-31-23/h1-13H,14-18H2,(H,31,32)(H,33,39)(H,34,38). The minimum absolute atomic E-state index is 0.00927. The molecule has 3 N–H and O–H groups in total. The summed E-state index contributed by atoms with van der Waals surface area (Å²) in [5.41, 5.74) is 1.82. The Kier molecular flexibility index (Phi) is 9.41. The lowest BCUT2D eigenvalue weighted by molar-refractivity contribution is -0.123. The van der Waals surface area contributed by atoms with Crippen molar-refractivity contribution in [3.8, 4) is 5.69 Å². The molecule has 208 valence electrons. The average molecular weight is 554 g/mol. The summed E-state index contributed by atoms with van der Waals surface area (Å²) in [5.74, 6) is -0.656.